The summed E-state index contributed by atoms with van der Waals surface area (Å²) >= 11 is 0. The number of unbranched alkanes of at least 4 members (excludes halogenated alkanes) is 1. The Hall–Kier alpha value is -2.01. The van der Waals surface area contributed by atoms with Crippen LogP contribution in [0.4, 0.5) is 5.69 Å². The van der Waals surface area contributed by atoms with Gasteiger partial charge in [0.2, 0.25) is 5.91 Å². The van der Waals surface area contributed by atoms with Gasteiger partial charge >= 0.3 is 0 Å². The molecule has 122 valence electrons. The quantitative estimate of drug-likeness (QED) is 0.419. The lowest BCUT2D eigenvalue weighted by Gasteiger charge is -2.05. The number of aromatic nitrogens is 1. The number of rotatable bonds is 7. The van der Waals surface area contributed by atoms with Crippen molar-refractivity contribution in [2.75, 3.05) is 5.32 Å². The van der Waals surface area contributed by atoms with Crippen LogP contribution < -0.4 is 26.9 Å². The normalized spacial score (nSPS) is 9.78. The summed E-state index contributed by atoms with van der Waals surface area (Å²) in [6.07, 6.45) is 6.36. The van der Waals surface area contributed by atoms with Gasteiger partial charge in [-0.25, -0.2) is 4.57 Å². The van der Waals surface area contributed by atoms with Gasteiger partial charge < -0.3 is 22.3 Å². The van der Waals surface area contributed by atoms with E-state index in [4.69, 9.17) is 0 Å². The van der Waals surface area contributed by atoms with E-state index in [2.05, 4.69) is 9.88 Å². The monoisotopic (exact) mass is 376 g/mol. The number of benzene rings is 1. The van der Waals surface area contributed by atoms with Crippen molar-refractivity contribution >= 4 is 17.4 Å². The Labute approximate surface area is 147 Å². The number of anilines is 1. The molecule has 1 aromatic carbocycles. The van der Waals surface area contributed by atoms with E-state index >= 15 is 0 Å². The second-order valence-electron chi connectivity index (χ2n) is 5.25. The molecule has 4 nitrogen and oxygen atoms in total. The number of nitrogens with zero attached hydrogens (tertiary/aromatic N) is 1. The molecule has 23 heavy (non-hydrogen) atoms. The zero-order chi connectivity index (χ0) is 15.8. The summed E-state index contributed by atoms with van der Waals surface area (Å²) < 4.78 is 2.11. The molecule has 1 aromatic heterocycles. The standard InChI is InChI=1S/C18H20N2O2.BrH/c1-15(21)16-8-10-17(11-9-16)19-18(22)7-3-6-14-20-12-4-2-5-13-20;/h2,4-5,8-13H,3,6-7,14H2,1H3;1H. The van der Waals surface area contributed by atoms with E-state index < -0.39 is 0 Å². The van der Waals surface area contributed by atoms with Gasteiger partial charge in [0.15, 0.2) is 18.2 Å². The Bertz CT molecular complexity index is 627. The minimum absolute atomic E-state index is 0. The molecule has 0 aliphatic rings. The lowest BCUT2D eigenvalue weighted by Crippen LogP contribution is -3.00. The van der Waals surface area contributed by atoms with Crippen LogP contribution in [0.1, 0.15) is 36.5 Å². The summed E-state index contributed by atoms with van der Waals surface area (Å²) in [6.45, 7) is 2.44. The molecule has 2 rings (SSSR count). The van der Waals surface area contributed by atoms with Crippen LogP contribution in [0.2, 0.25) is 0 Å². The summed E-state index contributed by atoms with van der Waals surface area (Å²) in [7, 11) is 0. The number of aryl methyl sites for hydroxylation is 1. The van der Waals surface area contributed by atoms with Gasteiger partial charge in [0.05, 0.1) is 0 Å². The number of hydrogen-bond acceptors (Lipinski definition) is 2. The van der Waals surface area contributed by atoms with Gasteiger partial charge in [0.1, 0.15) is 6.54 Å². The number of amides is 1. The first-order valence-corrected chi connectivity index (χ1v) is 7.50. The van der Waals surface area contributed by atoms with Gasteiger partial charge in [-0.2, -0.15) is 0 Å². The van der Waals surface area contributed by atoms with Gasteiger partial charge in [0, 0.05) is 36.2 Å². The highest BCUT2D eigenvalue weighted by Crippen LogP contribution is 2.11. The van der Waals surface area contributed by atoms with Gasteiger partial charge in [-0.15, -0.1) is 0 Å². The van der Waals surface area contributed by atoms with Crippen molar-refractivity contribution in [3.05, 3.63) is 60.4 Å². The van der Waals surface area contributed by atoms with Crippen LogP contribution in [-0.4, -0.2) is 11.7 Å². The maximum atomic E-state index is 11.9. The van der Waals surface area contributed by atoms with Crippen molar-refractivity contribution in [2.24, 2.45) is 0 Å². The van der Waals surface area contributed by atoms with Crippen LogP contribution in [0.5, 0.6) is 0 Å². The molecule has 1 N–H and O–H groups in total. The molecule has 1 amide bonds. The van der Waals surface area contributed by atoms with Crippen LogP contribution in [0.25, 0.3) is 0 Å². The van der Waals surface area contributed by atoms with E-state index in [9.17, 15) is 9.59 Å². The second kappa shape index (κ2) is 9.90. The number of halogens is 1. The first kappa shape index (κ1) is 19.0. The van der Waals surface area contributed by atoms with Crippen LogP contribution in [0, 0.1) is 0 Å². The summed E-state index contributed by atoms with van der Waals surface area (Å²) in [6, 6.07) is 13.0. The molecule has 0 spiro atoms. The minimum Gasteiger partial charge on any atom is -1.00 e. The van der Waals surface area contributed by atoms with Gasteiger partial charge in [-0.05, 0) is 37.6 Å². The third-order valence-corrected chi connectivity index (χ3v) is 3.42. The lowest BCUT2D eigenvalue weighted by molar-refractivity contribution is -0.697. The average Bonchev–Trinajstić information content (AvgIpc) is 2.53. The van der Waals surface area contributed by atoms with Crippen molar-refractivity contribution in [1.82, 2.24) is 0 Å². The third-order valence-electron chi connectivity index (χ3n) is 3.42. The largest absolute Gasteiger partial charge is 1.00 e. The molecule has 0 aliphatic carbocycles. The summed E-state index contributed by atoms with van der Waals surface area (Å²) in [5.41, 5.74) is 1.38. The number of pyridine rings is 1. The summed E-state index contributed by atoms with van der Waals surface area (Å²) in [5.74, 6) is 0.0323. The van der Waals surface area contributed by atoms with E-state index in [-0.39, 0.29) is 28.7 Å². The number of nitrogens with one attached hydrogen (secondary N) is 1. The number of Topliss-reactive ketones (excluding diaryl/α,β-unsaturated/α-hetero) is 1. The highest BCUT2D eigenvalue weighted by Gasteiger charge is 2.05. The smallest absolute Gasteiger partial charge is 0.224 e. The maximum Gasteiger partial charge on any atom is 0.224 e. The Morgan fingerprint density at radius 3 is 2.26 bits per heavy atom. The molecule has 0 fully saturated rings. The van der Waals surface area contributed by atoms with Crippen molar-refractivity contribution in [3.63, 3.8) is 0 Å². The fourth-order valence-electron chi connectivity index (χ4n) is 2.18. The molecule has 0 bridgehead atoms. The zero-order valence-corrected chi connectivity index (χ0v) is 14.8. The average molecular weight is 377 g/mol. The molecular formula is C18H21BrN2O2. The van der Waals surface area contributed by atoms with E-state index in [0.29, 0.717) is 12.0 Å². The Morgan fingerprint density at radius 1 is 1.00 bits per heavy atom. The highest BCUT2D eigenvalue weighted by atomic mass is 79.9. The van der Waals surface area contributed by atoms with Crippen molar-refractivity contribution in [2.45, 2.75) is 32.7 Å². The first-order valence-electron chi connectivity index (χ1n) is 7.50. The van der Waals surface area contributed by atoms with Gasteiger partial charge in [-0.3, -0.25) is 9.59 Å². The van der Waals surface area contributed by atoms with Gasteiger partial charge in [-0.1, -0.05) is 6.07 Å². The Morgan fingerprint density at radius 2 is 1.65 bits per heavy atom. The molecule has 0 radical (unpaired) electrons. The van der Waals surface area contributed by atoms with Gasteiger partial charge in [0.25, 0.3) is 0 Å². The molecule has 0 saturated heterocycles. The van der Waals surface area contributed by atoms with Crippen molar-refractivity contribution in [1.29, 1.82) is 0 Å². The zero-order valence-electron chi connectivity index (χ0n) is 13.2. The van der Waals surface area contributed by atoms with E-state index in [0.717, 1.165) is 25.1 Å². The molecule has 5 heteroatoms. The van der Waals surface area contributed by atoms with E-state index in [1.54, 1.807) is 24.3 Å². The number of hydrogen-bond donors (Lipinski definition) is 1. The lowest BCUT2D eigenvalue weighted by atomic mass is 10.1. The fourth-order valence-corrected chi connectivity index (χ4v) is 2.18. The van der Waals surface area contributed by atoms with Crippen molar-refractivity contribution in [3.8, 4) is 0 Å². The fraction of sp³-hybridized carbons (Fsp3) is 0.278. The predicted octanol–water partition coefficient (Wildman–Crippen LogP) is -0.0103. The molecule has 0 saturated carbocycles. The first-order chi connectivity index (χ1) is 10.6. The van der Waals surface area contributed by atoms with Crippen molar-refractivity contribution < 1.29 is 31.1 Å². The van der Waals surface area contributed by atoms with E-state index in [1.165, 1.54) is 6.92 Å². The number of carbonyl (C=O) groups is 2. The van der Waals surface area contributed by atoms with Crippen LogP contribution in [-0.2, 0) is 11.3 Å². The summed E-state index contributed by atoms with van der Waals surface area (Å²) in [4.78, 5) is 23.0. The minimum atomic E-state index is 0. The molecule has 0 unspecified atom stereocenters. The van der Waals surface area contributed by atoms with Crippen LogP contribution in [0.3, 0.4) is 0 Å². The summed E-state index contributed by atoms with van der Waals surface area (Å²) in [5, 5.41) is 2.85. The molecule has 2 aromatic rings. The highest BCUT2D eigenvalue weighted by molar-refractivity contribution is 5.95. The predicted molar refractivity (Wildman–Crippen MR) is 85.6 cm³/mol. The molecule has 1 heterocycles. The number of ketones is 1. The molecular weight excluding hydrogens is 356 g/mol. The molecule has 0 aliphatic heterocycles. The maximum absolute atomic E-state index is 11.9. The third kappa shape index (κ3) is 6.74. The SMILES string of the molecule is CC(=O)c1ccc(NC(=O)CCCC[n+]2ccccc2)cc1.[Br-]. The van der Waals surface area contributed by atoms with Crippen LogP contribution in [0.15, 0.2) is 54.9 Å². The van der Waals surface area contributed by atoms with Crippen LogP contribution >= 0.6 is 0 Å². The number of carbonyl (C=O) groups excluding carboxylic acids is 2. The second-order valence-corrected chi connectivity index (χ2v) is 5.25. The molecule has 0 atom stereocenters. The Kier molecular flexibility index (Phi) is 8.19. The Balaban J connectivity index is 0.00000264. The topological polar surface area (TPSA) is 50.1 Å². The van der Waals surface area contributed by atoms with E-state index in [1.807, 2.05) is 30.6 Å².